The number of imide groups is 1. The summed E-state index contributed by atoms with van der Waals surface area (Å²) in [6, 6.07) is 0. The highest BCUT2D eigenvalue weighted by Crippen LogP contribution is 2.67. The van der Waals surface area contributed by atoms with Crippen molar-refractivity contribution in [3.63, 3.8) is 0 Å². The molecule has 0 spiro atoms. The number of halogens is 1. The molecule has 8 nitrogen and oxygen atoms in total. The average Bonchev–Trinajstić information content (AvgIpc) is 3.09. The minimum atomic E-state index is -0.887. The molecule has 34 heavy (non-hydrogen) atoms. The molecule has 4 fully saturated rings. The molecule has 9 heteroatoms. The van der Waals surface area contributed by atoms with Gasteiger partial charge in [-0.3, -0.25) is 4.79 Å². The van der Waals surface area contributed by atoms with Crippen LogP contribution in [0.25, 0.3) is 0 Å². The molecule has 3 aliphatic carbocycles. The summed E-state index contributed by atoms with van der Waals surface area (Å²) in [5.74, 6) is -0.0839. The van der Waals surface area contributed by atoms with Gasteiger partial charge >= 0.3 is 12.2 Å². The molecule has 192 valence electrons. The first-order valence-electron chi connectivity index (χ1n) is 12.2. The number of aliphatic hydroxyl groups excluding tert-OH is 1. The number of carbonyl (C=O) groups excluding carboxylic acids is 3. The van der Waals surface area contributed by atoms with Gasteiger partial charge in [0.1, 0.15) is 18.0 Å². The molecule has 4 aliphatic rings. The van der Waals surface area contributed by atoms with E-state index in [9.17, 15) is 19.5 Å². The van der Waals surface area contributed by atoms with Crippen molar-refractivity contribution < 1.29 is 29.0 Å². The fourth-order valence-electron chi connectivity index (χ4n) is 7.27. The topological polar surface area (TPSA) is 114 Å². The molecule has 3 saturated carbocycles. The first-order chi connectivity index (χ1) is 15.5. The summed E-state index contributed by atoms with van der Waals surface area (Å²) in [5, 5.41) is 16.7. The lowest BCUT2D eigenvalue weighted by atomic mass is 9.44. The number of carbonyl (C=O) groups is 3. The second-order valence-electron chi connectivity index (χ2n) is 11.3. The number of alkyl carbamates (subject to hydrolysis) is 2. The normalized spacial score (nSPS) is 43.8. The van der Waals surface area contributed by atoms with Crippen LogP contribution >= 0.6 is 12.4 Å². The number of aliphatic hydroxyl groups is 1. The lowest BCUT2D eigenvalue weighted by Gasteiger charge is -2.61. The first-order valence-corrected chi connectivity index (χ1v) is 12.2. The number of hydrogen-bond donors (Lipinski definition) is 3. The van der Waals surface area contributed by atoms with Crippen LogP contribution in [0.4, 0.5) is 9.59 Å². The van der Waals surface area contributed by atoms with Gasteiger partial charge in [0.25, 0.3) is 0 Å². The zero-order valence-corrected chi connectivity index (χ0v) is 21.4. The van der Waals surface area contributed by atoms with E-state index in [0.29, 0.717) is 25.9 Å². The Morgan fingerprint density at radius 2 is 1.82 bits per heavy atom. The summed E-state index contributed by atoms with van der Waals surface area (Å²) in [5.41, 5.74) is -1.68. The Morgan fingerprint density at radius 3 is 2.41 bits per heavy atom. The van der Waals surface area contributed by atoms with Crippen LogP contribution in [-0.4, -0.2) is 54.5 Å². The summed E-state index contributed by atoms with van der Waals surface area (Å²) in [4.78, 5) is 38.3. The smallest absolute Gasteiger partial charge is 0.416 e. The number of ketones is 1. The van der Waals surface area contributed by atoms with E-state index in [1.165, 1.54) is 0 Å². The third kappa shape index (κ3) is 4.05. The Labute approximate surface area is 208 Å². The quantitative estimate of drug-likeness (QED) is 0.509. The van der Waals surface area contributed by atoms with Gasteiger partial charge in [-0.05, 0) is 42.9 Å². The van der Waals surface area contributed by atoms with Gasteiger partial charge < -0.3 is 19.9 Å². The van der Waals surface area contributed by atoms with Crippen molar-refractivity contribution in [1.82, 2.24) is 10.6 Å². The van der Waals surface area contributed by atoms with Crippen LogP contribution in [0.1, 0.15) is 59.8 Å². The summed E-state index contributed by atoms with van der Waals surface area (Å²) >= 11 is 0. The SMILES string of the molecule is C=C[C@]1(C)C[C@@H](OC(=O)NC(=O)OC2CNC2)[C@@]2(C)C(C)CC[C@]3(CCC(=O)[C@H]32)[C@@H](C)[C@@H]1O.Cl. The zero-order chi connectivity index (χ0) is 24.2. The van der Waals surface area contributed by atoms with E-state index in [-0.39, 0.29) is 47.5 Å². The standard InChI is InChI=1S/C25H38N2O6.ClH/c1-6-23(4)11-18(33-22(31)27-21(30)32-16-12-26-13-16)24(5)14(2)7-9-25(15(3)20(23)29)10-8-17(28)19(24)25;/h6,14-16,18-20,26,29H,1,7-13H2,2-5H3,(H,27,30,31);1H/t14?,15-,18+,19-,20-,23+,24+,25-;/m0./s1. The minimum Gasteiger partial charge on any atom is -0.445 e. The second kappa shape index (κ2) is 9.43. The molecule has 1 unspecified atom stereocenters. The maximum atomic E-state index is 13.3. The largest absolute Gasteiger partial charge is 0.445 e. The van der Waals surface area contributed by atoms with Gasteiger partial charge in [0.05, 0.1) is 6.10 Å². The van der Waals surface area contributed by atoms with Crippen molar-refractivity contribution in [3.8, 4) is 0 Å². The van der Waals surface area contributed by atoms with Gasteiger partial charge in [0, 0.05) is 36.3 Å². The molecule has 0 aromatic carbocycles. The molecule has 1 saturated heterocycles. The summed E-state index contributed by atoms with van der Waals surface area (Å²) < 4.78 is 11.1. The van der Waals surface area contributed by atoms with Gasteiger partial charge in [-0.25, -0.2) is 14.9 Å². The molecular formula is C25H39ClN2O6. The molecule has 4 rings (SSSR count). The number of nitrogens with one attached hydrogen (secondary N) is 2. The number of ether oxygens (including phenoxy) is 2. The fraction of sp³-hybridized carbons (Fsp3) is 0.800. The van der Waals surface area contributed by atoms with Crippen LogP contribution in [-0.2, 0) is 14.3 Å². The van der Waals surface area contributed by atoms with Gasteiger partial charge in [0.2, 0.25) is 0 Å². The Morgan fingerprint density at radius 1 is 1.18 bits per heavy atom. The van der Waals surface area contributed by atoms with E-state index < -0.39 is 35.2 Å². The van der Waals surface area contributed by atoms with Crippen molar-refractivity contribution in [2.24, 2.45) is 34.0 Å². The number of amides is 2. The van der Waals surface area contributed by atoms with Crippen molar-refractivity contribution in [3.05, 3.63) is 12.7 Å². The fourth-order valence-corrected chi connectivity index (χ4v) is 7.27. The van der Waals surface area contributed by atoms with Crippen LogP contribution in [0, 0.1) is 34.0 Å². The first kappa shape index (κ1) is 27.0. The van der Waals surface area contributed by atoms with Crippen LogP contribution in [0.5, 0.6) is 0 Å². The lowest BCUT2D eigenvalue weighted by Crippen LogP contribution is -2.63. The van der Waals surface area contributed by atoms with Crippen LogP contribution in [0.3, 0.4) is 0 Å². The zero-order valence-electron chi connectivity index (χ0n) is 20.6. The summed E-state index contributed by atoms with van der Waals surface area (Å²) in [7, 11) is 0. The molecule has 0 radical (unpaired) electrons. The maximum absolute atomic E-state index is 13.3. The third-order valence-electron chi connectivity index (χ3n) is 9.77. The maximum Gasteiger partial charge on any atom is 0.416 e. The Bertz CT molecular complexity index is 849. The average molecular weight is 499 g/mol. The molecule has 8 atom stereocenters. The minimum absolute atomic E-state index is 0. The molecule has 1 heterocycles. The molecule has 0 aromatic rings. The molecule has 3 N–H and O–H groups in total. The molecule has 0 aromatic heterocycles. The predicted octanol–water partition coefficient (Wildman–Crippen LogP) is 3.61. The highest BCUT2D eigenvalue weighted by Gasteiger charge is 2.68. The van der Waals surface area contributed by atoms with E-state index in [1.807, 2.05) is 6.92 Å². The van der Waals surface area contributed by atoms with Gasteiger partial charge in [-0.2, -0.15) is 0 Å². The van der Waals surface area contributed by atoms with E-state index in [2.05, 4.69) is 38.0 Å². The monoisotopic (exact) mass is 498 g/mol. The van der Waals surface area contributed by atoms with Crippen molar-refractivity contribution >= 4 is 30.4 Å². The Balaban J connectivity index is 0.00000324. The summed E-state index contributed by atoms with van der Waals surface area (Å²) in [6.07, 6.45) is 1.65. The van der Waals surface area contributed by atoms with Crippen LogP contribution in [0.2, 0.25) is 0 Å². The van der Waals surface area contributed by atoms with Crippen molar-refractivity contribution in [2.75, 3.05) is 13.1 Å². The van der Waals surface area contributed by atoms with E-state index in [1.54, 1.807) is 6.08 Å². The molecular weight excluding hydrogens is 460 g/mol. The van der Waals surface area contributed by atoms with Crippen molar-refractivity contribution in [1.29, 1.82) is 0 Å². The van der Waals surface area contributed by atoms with E-state index in [0.717, 1.165) is 19.3 Å². The van der Waals surface area contributed by atoms with E-state index in [4.69, 9.17) is 9.47 Å². The molecule has 1 aliphatic heterocycles. The Kier molecular flexibility index (Phi) is 7.48. The van der Waals surface area contributed by atoms with E-state index >= 15 is 0 Å². The Hall–Kier alpha value is -1.64. The van der Waals surface area contributed by atoms with Gasteiger partial charge in [-0.1, -0.05) is 33.8 Å². The third-order valence-corrected chi connectivity index (χ3v) is 9.77. The van der Waals surface area contributed by atoms with Crippen LogP contribution in [0.15, 0.2) is 12.7 Å². The second-order valence-corrected chi connectivity index (χ2v) is 11.3. The number of Topliss-reactive ketones (excluding diaryl/α,β-unsaturated/α-hetero) is 1. The van der Waals surface area contributed by atoms with Gasteiger partial charge in [0.15, 0.2) is 0 Å². The highest BCUT2D eigenvalue weighted by molar-refractivity contribution is 5.88. The van der Waals surface area contributed by atoms with Crippen LogP contribution < -0.4 is 10.6 Å². The predicted molar refractivity (Wildman–Crippen MR) is 129 cm³/mol. The number of rotatable bonds is 3. The molecule has 2 bridgehead atoms. The van der Waals surface area contributed by atoms with Crippen molar-refractivity contribution in [2.45, 2.75) is 78.1 Å². The number of hydrogen-bond acceptors (Lipinski definition) is 7. The lowest BCUT2D eigenvalue weighted by molar-refractivity contribution is -0.191. The summed E-state index contributed by atoms with van der Waals surface area (Å²) in [6.45, 7) is 13.3. The van der Waals surface area contributed by atoms with Gasteiger partial charge in [-0.15, -0.1) is 19.0 Å². The molecule has 2 amide bonds. The highest BCUT2D eigenvalue weighted by atomic mass is 35.5.